The van der Waals surface area contributed by atoms with E-state index in [9.17, 15) is 4.79 Å². The molecule has 2 heterocycles. The smallest absolute Gasteiger partial charge is 0.255 e. The average Bonchev–Trinajstić information content (AvgIpc) is 3.39. The van der Waals surface area contributed by atoms with Crippen molar-refractivity contribution in [2.75, 3.05) is 13.2 Å². The standard InChI is InChI=1S/C24H27N3O2/c1-17-5-9-19(10-6-17)15-27-16-22(24(28)25-14-21-4-3-13-29-21)23(26-27)20-11-7-18(2)8-12-20/h5-12,16,21H,3-4,13-15H2,1-2H3,(H,25,28)/t21-/m0/s1. The maximum atomic E-state index is 13.0. The lowest BCUT2D eigenvalue weighted by molar-refractivity contribution is 0.0858. The van der Waals surface area contributed by atoms with Gasteiger partial charge >= 0.3 is 0 Å². The number of hydrogen-bond donors (Lipinski definition) is 1. The monoisotopic (exact) mass is 389 g/mol. The van der Waals surface area contributed by atoms with E-state index in [1.807, 2.05) is 35.1 Å². The SMILES string of the molecule is Cc1ccc(Cn2cc(C(=O)NC[C@@H]3CCCO3)c(-c3ccc(C)cc3)n2)cc1. The van der Waals surface area contributed by atoms with Crippen molar-refractivity contribution in [1.29, 1.82) is 0 Å². The minimum Gasteiger partial charge on any atom is -0.376 e. The van der Waals surface area contributed by atoms with Gasteiger partial charge in [-0.3, -0.25) is 9.48 Å². The number of amides is 1. The van der Waals surface area contributed by atoms with Crippen LogP contribution in [0.4, 0.5) is 0 Å². The van der Waals surface area contributed by atoms with Gasteiger partial charge in [-0.2, -0.15) is 5.10 Å². The lowest BCUT2D eigenvalue weighted by atomic mass is 10.1. The van der Waals surface area contributed by atoms with E-state index in [2.05, 4.69) is 43.4 Å². The Morgan fingerprint density at radius 1 is 1.10 bits per heavy atom. The molecule has 1 aliphatic heterocycles. The van der Waals surface area contributed by atoms with E-state index in [0.29, 0.717) is 24.3 Å². The summed E-state index contributed by atoms with van der Waals surface area (Å²) in [7, 11) is 0. The molecule has 5 nitrogen and oxygen atoms in total. The lowest BCUT2D eigenvalue weighted by Crippen LogP contribution is -2.31. The van der Waals surface area contributed by atoms with Crippen molar-refractivity contribution >= 4 is 5.91 Å². The minimum atomic E-state index is -0.105. The number of nitrogens with zero attached hydrogens (tertiary/aromatic N) is 2. The van der Waals surface area contributed by atoms with Crippen molar-refractivity contribution in [3.05, 3.63) is 77.0 Å². The molecule has 5 heteroatoms. The van der Waals surface area contributed by atoms with Crippen LogP contribution in [-0.4, -0.2) is 34.9 Å². The Morgan fingerprint density at radius 2 is 1.79 bits per heavy atom. The highest BCUT2D eigenvalue weighted by atomic mass is 16.5. The molecule has 3 aromatic rings. The van der Waals surface area contributed by atoms with E-state index >= 15 is 0 Å². The quantitative estimate of drug-likeness (QED) is 0.690. The molecular weight excluding hydrogens is 362 g/mol. The number of carbonyl (C=O) groups is 1. The number of nitrogens with one attached hydrogen (secondary N) is 1. The topological polar surface area (TPSA) is 56.2 Å². The summed E-state index contributed by atoms with van der Waals surface area (Å²) in [5.74, 6) is -0.105. The normalized spacial score (nSPS) is 16.1. The van der Waals surface area contributed by atoms with Crippen molar-refractivity contribution in [2.24, 2.45) is 0 Å². The Morgan fingerprint density at radius 3 is 2.45 bits per heavy atom. The summed E-state index contributed by atoms with van der Waals surface area (Å²) < 4.78 is 7.47. The molecule has 0 saturated carbocycles. The maximum absolute atomic E-state index is 13.0. The molecule has 0 bridgehead atoms. The van der Waals surface area contributed by atoms with Crippen molar-refractivity contribution in [2.45, 2.75) is 39.3 Å². The van der Waals surface area contributed by atoms with Gasteiger partial charge in [0, 0.05) is 24.9 Å². The number of carbonyl (C=O) groups excluding carboxylic acids is 1. The Balaban J connectivity index is 1.59. The van der Waals surface area contributed by atoms with Crippen LogP contribution in [0.3, 0.4) is 0 Å². The summed E-state index contributed by atoms with van der Waals surface area (Å²) in [4.78, 5) is 13.0. The summed E-state index contributed by atoms with van der Waals surface area (Å²) in [6, 6.07) is 16.5. The van der Waals surface area contributed by atoms with Gasteiger partial charge in [0.25, 0.3) is 5.91 Å². The predicted molar refractivity (Wildman–Crippen MR) is 114 cm³/mol. The van der Waals surface area contributed by atoms with E-state index in [4.69, 9.17) is 9.84 Å². The second kappa shape index (κ2) is 8.62. The molecule has 1 aliphatic rings. The highest BCUT2D eigenvalue weighted by Gasteiger charge is 2.21. The molecule has 0 unspecified atom stereocenters. The van der Waals surface area contributed by atoms with Crippen molar-refractivity contribution in [1.82, 2.24) is 15.1 Å². The predicted octanol–water partition coefficient (Wildman–Crippen LogP) is 4.12. The first-order chi connectivity index (χ1) is 14.1. The van der Waals surface area contributed by atoms with Gasteiger partial charge in [0.15, 0.2) is 0 Å². The Bertz CT molecular complexity index is 968. The van der Waals surface area contributed by atoms with Gasteiger partial charge in [-0.25, -0.2) is 0 Å². The molecule has 0 spiro atoms. The number of rotatable bonds is 6. The lowest BCUT2D eigenvalue weighted by Gasteiger charge is -2.10. The van der Waals surface area contributed by atoms with Crippen LogP contribution in [0.5, 0.6) is 0 Å². The number of aromatic nitrogens is 2. The van der Waals surface area contributed by atoms with Crippen LogP contribution in [0.1, 0.15) is 39.9 Å². The van der Waals surface area contributed by atoms with Crippen LogP contribution in [0.15, 0.2) is 54.7 Å². The molecule has 2 aromatic carbocycles. The van der Waals surface area contributed by atoms with Crippen LogP contribution < -0.4 is 5.32 Å². The van der Waals surface area contributed by atoms with E-state index in [0.717, 1.165) is 30.6 Å². The summed E-state index contributed by atoms with van der Waals surface area (Å²) >= 11 is 0. The number of benzene rings is 2. The molecular formula is C24H27N3O2. The third-order valence-corrected chi connectivity index (χ3v) is 5.31. The molecule has 1 saturated heterocycles. The van der Waals surface area contributed by atoms with Crippen molar-refractivity contribution < 1.29 is 9.53 Å². The highest BCUT2D eigenvalue weighted by Crippen LogP contribution is 2.23. The van der Waals surface area contributed by atoms with Gasteiger partial charge < -0.3 is 10.1 Å². The van der Waals surface area contributed by atoms with E-state index < -0.39 is 0 Å². The maximum Gasteiger partial charge on any atom is 0.255 e. The first-order valence-corrected chi connectivity index (χ1v) is 10.2. The fourth-order valence-electron chi connectivity index (χ4n) is 3.58. The van der Waals surface area contributed by atoms with Crippen LogP contribution >= 0.6 is 0 Å². The fraction of sp³-hybridized carbons (Fsp3) is 0.333. The van der Waals surface area contributed by atoms with Gasteiger partial charge in [0.2, 0.25) is 0 Å². The zero-order valence-electron chi connectivity index (χ0n) is 17.0. The van der Waals surface area contributed by atoms with Crippen LogP contribution in [0.2, 0.25) is 0 Å². The average molecular weight is 389 g/mol. The van der Waals surface area contributed by atoms with Crippen molar-refractivity contribution in [3.8, 4) is 11.3 Å². The third kappa shape index (κ3) is 4.74. The van der Waals surface area contributed by atoms with Gasteiger partial charge in [-0.15, -0.1) is 0 Å². The van der Waals surface area contributed by atoms with Gasteiger partial charge in [-0.1, -0.05) is 59.7 Å². The zero-order chi connectivity index (χ0) is 20.2. The molecule has 0 radical (unpaired) electrons. The van der Waals surface area contributed by atoms with Crippen molar-refractivity contribution in [3.63, 3.8) is 0 Å². The van der Waals surface area contributed by atoms with Gasteiger partial charge in [0.1, 0.15) is 5.69 Å². The minimum absolute atomic E-state index is 0.105. The molecule has 1 N–H and O–H groups in total. The Kier molecular flexibility index (Phi) is 5.76. The molecule has 1 aromatic heterocycles. The summed E-state index contributed by atoms with van der Waals surface area (Å²) in [6.07, 6.45) is 4.02. The van der Waals surface area contributed by atoms with Crippen LogP contribution in [0.25, 0.3) is 11.3 Å². The summed E-state index contributed by atoms with van der Waals surface area (Å²) in [6.45, 7) is 6.07. The fourth-order valence-corrected chi connectivity index (χ4v) is 3.58. The van der Waals surface area contributed by atoms with Gasteiger partial charge in [-0.05, 0) is 32.3 Å². The molecule has 1 amide bonds. The largest absolute Gasteiger partial charge is 0.376 e. The highest BCUT2D eigenvalue weighted by molar-refractivity contribution is 5.99. The second-order valence-corrected chi connectivity index (χ2v) is 7.79. The summed E-state index contributed by atoms with van der Waals surface area (Å²) in [5.41, 5.74) is 5.81. The van der Waals surface area contributed by atoms with E-state index in [1.165, 1.54) is 11.1 Å². The van der Waals surface area contributed by atoms with E-state index in [-0.39, 0.29) is 12.0 Å². The molecule has 29 heavy (non-hydrogen) atoms. The summed E-state index contributed by atoms with van der Waals surface area (Å²) in [5, 5.41) is 7.78. The molecule has 4 rings (SSSR count). The van der Waals surface area contributed by atoms with Gasteiger partial charge in [0.05, 0.1) is 18.2 Å². The third-order valence-electron chi connectivity index (χ3n) is 5.31. The first-order valence-electron chi connectivity index (χ1n) is 10.2. The molecule has 1 atom stereocenters. The molecule has 0 aliphatic carbocycles. The van der Waals surface area contributed by atoms with E-state index in [1.54, 1.807) is 0 Å². The zero-order valence-corrected chi connectivity index (χ0v) is 17.0. The Hall–Kier alpha value is -2.92. The number of ether oxygens (including phenoxy) is 1. The van der Waals surface area contributed by atoms with Crippen LogP contribution in [0, 0.1) is 13.8 Å². The number of aryl methyl sites for hydroxylation is 2. The van der Waals surface area contributed by atoms with Crippen LogP contribution in [-0.2, 0) is 11.3 Å². The molecule has 150 valence electrons. The molecule has 1 fully saturated rings. The Labute approximate surface area is 171 Å². The second-order valence-electron chi connectivity index (χ2n) is 7.79. The first kappa shape index (κ1) is 19.4. The number of hydrogen-bond acceptors (Lipinski definition) is 3.